The van der Waals surface area contributed by atoms with Crippen LogP contribution in [-0.4, -0.2) is 11.7 Å². The van der Waals surface area contributed by atoms with E-state index in [9.17, 15) is 18.4 Å². The van der Waals surface area contributed by atoms with Gasteiger partial charge in [0.15, 0.2) is 5.78 Å². The highest BCUT2D eigenvalue weighted by Gasteiger charge is 2.17. The molecule has 0 aliphatic heterocycles. The molecule has 0 radical (unpaired) electrons. The number of ketones is 1. The number of hydrogen-bond donors (Lipinski definition) is 1. The highest BCUT2D eigenvalue weighted by Crippen LogP contribution is 2.22. The van der Waals surface area contributed by atoms with Gasteiger partial charge in [0.1, 0.15) is 11.6 Å². The van der Waals surface area contributed by atoms with Crippen molar-refractivity contribution < 1.29 is 18.4 Å². The molecule has 1 N–H and O–H groups in total. The number of carbonyl (C=O) groups excluding carboxylic acids is 2. The molecule has 0 aliphatic carbocycles. The molecular formula is C15H10ClF2NO2. The minimum absolute atomic E-state index is 0.171. The van der Waals surface area contributed by atoms with Crippen LogP contribution >= 0.6 is 11.6 Å². The van der Waals surface area contributed by atoms with E-state index in [2.05, 4.69) is 5.32 Å². The zero-order valence-electron chi connectivity index (χ0n) is 10.9. The smallest absolute Gasteiger partial charge is 0.221 e. The molecule has 0 atom stereocenters. The van der Waals surface area contributed by atoms with Crippen LogP contribution in [0, 0.1) is 11.6 Å². The van der Waals surface area contributed by atoms with E-state index >= 15 is 0 Å². The molecule has 2 aromatic rings. The zero-order valence-corrected chi connectivity index (χ0v) is 11.7. The molecule has 3 nitrogen and oxygen atoms in total. The summed E-state index contributed by atoms with van der Waals surface area (Å²) < 4.78 is 27.0. The predicted octanol–water partition coefficient (Wildman–Crippen LogP) is 3.81. The number of benzene rings is 2. The topological polar surface area (TPSA) is 46.2 Å². The van der Waals surface area contributed by atoms with Crippen LogP contribution in [0.5, 0.6) is 0 Å². The van der Waals surface area contributed by atoms with E-state index in [1.54, 1.807) is 0 Å². The Morgan fingerprint density at radius 1 is 1.05 bits per heavy atom. The second-order valence-electron chi connectivity index (χ2n) is 4.33. The summed E-state index contributed by atoms with van der Waals surface area (Å²) in [5, 5.41) is 2.15. The Balaban J connectivity index is 2.32. The lowest BCUT2D eigenvalue weighted by atomic mass is 10.0. The summed E-state index contributed by atoms with van der Waals surface area (Å²) >= 11 is 5.44. The molecule has 0 aromatic heterocycles. The largest absolute Gasteiger partial charge is 0.326 e. The van der Waals surface area contributed by atoms with Crippen LogP contribution in [0.1, 0.15) is 22.8 Å². The molecule has 0 aliphatic rings. The summed E-state index contributed by atoms with van der Waals surface area (Å²) in [5.41, 5.74) is 0.274. The fourth-order valence-corrected chi connectivity index (χ4v) is 1.91. The van der Waals surface area contributed by atoms with Gasteiger partial charge in [-0.15, -0.1) is 0 Å². The molecule has 2 rings (SSSR count). The third kappa shape index (κ3) is 3.44. The number of anilines is 1. The summed E-state index contributed by atoms with van der Waals surface area (Å²) in [6, 6.07) is 7.36. The van der Waals surface area contributed by atoms with Gasteiger partial charge in [-0.25, -0.2) is 8.78 Å². The van der Waals surface area contributed by atoms with Crippen molar-refractivity contribution in [3.8, 4) is 0 Å². The summed E-state index contributed by atoms with van der Waals surface area (Å²) in [6.45, 7) is 1.35. The normalized spacial score (nSPS) is 10.3. The molecule has 6 heteroatoms. The fourth-order valence-electron chi connectivity index (χ4n) is 1.76. The Morgan fingerprint density at radius 2 is 1.67 bits per heavy atom. The number of amides is 1. The van der Waals surface area contributed by atoms with E-state index < -0.39 is 23.0 Å². The quantitative estimate of drug-likeness (QED) is 0.692. The van der Waals surface area contributed by atoms with Gasteiger partial charge in [-0.2, -0.15) is 0 Å². The van der Waals surface area contributed by atoms with Gasteiger partial charge in [-0.1, -0.05) is 11.6 Å². The van der Waals surface area contributed by atoms with Gasteiger partial charge in [0.25, 0.3) is 0 Å². The standard InChI is InChI=1S/C15H10ClF2NO2/c1-8(20)19-10-4-2-9(3-5-10)15(21)11-6-14(18)12(16)7-13(11)17/h2-7H,1H3,(H,19,20). The minimum atomic E-state index is -0.891. The molecule has 108 valence electrons. The molecule has 0 unspecified atom stereocenters. The monoisotopic (exact) mass is 309 g/mol. The second-order valence-corrected chi connectivity index (χ2v) is 4.74. The van der Waals surface area contributed by atoms with Crippen molar-refractivity contribution in [1.29, 1.82) is 0 Å². The van der Waals surface area contributed by atoms with Gasteiger partial charge in [0.2, 0.25) is 5.91 Å². The van der Waals surface area contributed by atoms with Crippen molar-refractivity contribution >= 4 is 29.0 Å². The van der Waals surface area contributed by atoms with E-state index in [4.69, 9.17) is 11.6 Å². The number of hydrogen-bond acceptors (Lipinski definition) is 2. The number of rotatable bonds is 3. The Hall–Kier alpha value is -2.27. The van der Waals surface area contributed by atoms with Crippen molar-refractivity contribution in [2.45, 2.75) is 6.92 Å². The number of carbonyl (C=O) groups is 2. The van der Waals surface area contributed by atoms with Gasteiger partial charge >= 0.3 is 0 Å². The average molecular weight is 310 g/mol. The maximum Gasteiger partial charge on any atom is 0.221 e. The van der Waals surface area contributed by atoms with Gasteiger partial charge in [0.05, 0.1) is 10.6 Å². The summed E-state index contributed by atoms with van der Waals surface area (Å²) in [7, 11) is 0. The highest BCUT2D eigenvalue weighted by atomic mass is 35.5. The lowest BCUT2D eigenvalue weighted by molar-refractivity contribution is -0.114. The predicted molar refractivity (Wildman–Crippen MR) is 75.5 cm³/mol. The van der Waals surface area contributed by atoms with E-state index in [-0.39, 0.29) is 16.5 Å². The summed E-state index contributed by atoms with van der Waals surface area (Å²) in [6.07, 6.45) is 0. The maximum atomic E-state index is 13.7. The summed E-state index contributed by atoms with van der Waals surface area (Å²) in [4.78, 5) is 23.0. The molecule has 0 saturated heterocycles. The van der Waals surface area contributed by atoms with Crippen LogP contribution < -0.4 is 5.32 Å². The number of nitrogens with one attached hydrogen (secondary N) is 1. The molecule has 0 spiro atoms. The van der Waals surface area contributed by atoms with Crippen LogP contribution in [0.3, 0.4) is 0 Å². The van der Waals surface area contributed by atoms with Crippen LogP contribution in [0.15, 0.2) is 36.4 Å². The lowest BCUT2D eigenvalue weighted by Crippen LogP contribution is -2.07. The number of halogens is 3. The third-order valence-corrected chi connectivity index (χ3v) is 3.01. The fraction of sp³-hybridized carbons (Fsp3) is 0.0667. The molecule has 21 heavy (non-hydrogen) atoms. The lowest BCUT2D eigenvalue weighted by Gasteiger charge is -2.06. The highest BCUT2D eigenvalue weighted by molar-refractivity contribution is 6.30. The van der Waals surface area contributed by atoms with Crippen LogP contribution in [0.2, 0.25) is 5.02 Å². The van der Waals surface area contributed by atoms with Crippen molar-refractivity contribution in [2.24, 2.45) is 0 Å². The van der Waals surface area contributed by atoms with Gasteiger partial charge in [-0.05, 0) is 36.4 Å². The Morgan fingerprint density at radius 3 is 2.24 bits per heavy atom. The molecule has 2 aromatic carbocycles. The van der Waals surface area contributed by atoms with E-state index in [1.165, 1.54) is 31.2 Å². The van der Waals surface area contributed by atoms with Crippen molar-refractivity contribution in [2.75, 3.05) is 5.32 Å². The Labute approximate surface area is 124 Å². The van der Waals surface area contributed by atoms with Crippen LogP contribution in [0.25, 0.3) is 0 Å². The van der Waals surface area contributed by atoms with E-state index in [1.807, 2.05) is 0 Å². The Bertz CT molecular complexity index is 714. The maximum absolute atomic E-state index is 13.7. The van der Waals surface area contributed by atoms with E-state index in [0.29, 0.717) is 5.69 Å². The van der Waals surface area contributed by atoms with Crippen molar-refractivity contribution in [1.82, 2.24) is 0 Å². The molecule has 1 amide bonds. The third-order valence-electron chi connectivity index (χ3n) is 2.72. The van der Waals surface area contributed by atoms with Crippen LogP contribution in [0.4, 0.5) is 14.5 Å². The first-order valence-electron chi connectivity index (χ1n) is 5.95. The minimum Gasteiger partial charge on any atom is -0.326 e. The molecule has 0 heterocycles. The van der Waals surface area contributed by atoms with Crippen LogP contribution in [-0.2, 0) is 4.79 Å². The molecule has 0 saturated carbocycles. The molecule has 0 bridgehead atoms. The van der Waals surface area contributed by atoms with Gasteiger partial charge in [-0.3, -0.25) is 9.59 Å². The van der Waals surface area contributed by atoms with Crippen molar-refractivity contribution in [3.05, 3.63) is 64.2 Å². The Kier molecular flexibility index (Phi) is 4.33. The molecule has 0 fully saturated rings. The molecular weight excluding hydrogens is 300 g/mol. The van der Waals surface area contributed by atoms with Crippen molar-refractivity contribution in [3.63, 3.8) is 0 Å². The SMILES string of the molecule is CC(=O)Nc1ccc(C(=O)c2cc(F)c(Cl)cc2F)cc1. The van der Waals surface area contributed by atoms with E-state index in [0.717, 1.165) is 12.1 Å². The first-order valence-corrected chi connectivity index (χ1v) is 6.33. The van der Waals surface area contributed by atoms with Gasteiger partial charge in [0, 0.05) is 18.2 Å². The summed E-state index contributed by atoms with van der Waals surface area (Å²) in [5.74, 6) is -2.68. The average Bonchev–Trinajstić information content (AvgIpc) is 2.42. The van der Waals surface area contributed by atoms with Gasteiger partial charge < -0.3 is 5.32 Å². The second kappa shape index (κ2) is 6.01. The first-order chi connectivity index (χ1) is 9.88. The first kappa shape index (κ1) is 15.1. The zero-order chi connectivity index (χ0) is 15.6.